The first kappa shape index (κ1) is 20.3. The molecule has 0 unspecified atom stereocenters. The Hall–Kier alpha value is -2.99. The van der Waals surface area contributed by atoms with Crippen LogP contribution >= 0.6 is 11.6 Å². The first-order valence-corrected chi connectivity index (χ1v) is 10.4. The third-order valence-corrected chi connectivity index (χ3v) is 5.49. The number of hydrogen-bond acceptors (Lipinski definition) is 4. The minimum atomic E-state index is 0.00486. The van der Waals surface area contributed by atoms with Crippen molar-refractivity contribution >= 4 is 17.5 Å². The van der Waals surface area contributed by atoms with Gasteiger partial charge in [0.1, 0.15) is 11.5 Å². The Labute approximate surface area is 180 Å². The number of hydrogen-bond donors (Lipinski definition) is 1. The molecule has 1 amide bonds. The molecule has 3 aromatic rings. The van der Waals surface area contributed by atoms with E-state index >= 15 is 0 Å². The van der Waals surface area contributed by atoms with Crippen molar-refractivity contribution in [1.82, 2.24) is 15.1 Å². The maximum atomic E-state index is 12.4. The average molecular weight is 426 g/mol. The number of ether oxygens (including phenoxy) is 2. The zero-order valence-electron chi connectivity index (χ0n) is 16.6. The van der Waals surface area contributed by atoms with Crippen molar-refractivity contribution in [3.8, 4) is 11.5 Å². The predicted octanol–water partition coefficient (Wildman–Crippen LogP) is 4.08. The van der Waals surface area contributed by atoms with Gasteiger partial charge in [-0.15, -0.1) is 0 Å². The standard InChI is InChI=1S/C23H24ClN3O3/c24-20-8-4-5-9-22(20)29-13-11-18-14-21(26-25-18)17-10-12-27(15-17)23(28)16-30-19-6-2-1-3-7-19/h1-9,14,17H,10-13,15-16H2,(H,25,26)/t17-/m0/s1. The van der Waals surface area contributed by atoms with E-state index < -0.39 is 0 Å². The topological polar surface area (TPSA) is 67.4 Å². The Morgan fingerprint density at radius 1 is 1.13 bits per heavy atom. The lowest BCUT2D eigenvalue weighted by Gasteiger charge is -2.16. The molecule has 1 aliphatic rings. The molecule has 1 fully saturated rings. The molecule has 156 valence electrons. The molecule has 0 bridgehead atoms. The molecule has 1 saturated heterocycles. The fraction of sp³-hybridized carbons (Fsp3) is 0.304. The van der Waals surface area contributed by atoms with E-state index in [1.165, 1.54) is 0 Å². The van der Waals surface area contributed by atoms with Crippen LogP contribution in [0.5, 0.6) is 11.5 Å². The normalized spacial score (nSPS) is 15.9. The van der Waals surface area contributed by atoms with Crippen LogP contribution in [-0.2, 0) is 11.2 Å². The Morgan fingerprint density at radius 3 is 2.77 bits per heavy atom. The first-order chi connectivity index (χ1) is 14.7. The van der Waals surface area contributed by atoms with Gasteiger partial charge in [-0.2, -0.15) is 5.10 Å². The highest BCUT2D eigenvalue weighted by molar-refractivity contribution is 6.32. The van der Waals surface area contributed by atoms with Gasteiger partial charge < -0.3 is 14.4 Å². The molecule has 30 heavy (non-hydrogen) atoms. The maximum absolute atomic E-state index is 12.4. The van der Waals surface area contributed by atoms with Gasteiger partial charge in [-0.05, 0) is 36.8 Å². The molecule has 7 heteroatoms. The number of carbonyl (C=O) groups excluding carboxylic acids is 1. The van der Waals surface area contributed by atoms with Crippen LogP contribution in [0.25, 0.3) is 0 Å². The average Bonchev–Trinajstić information content (AvgIpc) is 3.44. The number of nitrogens with one attached hydrogen (secondary N) is 1. The Bertz CT molecular complexity index is 977. The molecule has 1 N–H and O–H groups in total. The van der Waals surface area contributed by atoms with Crippen molar-refractivity contribution in [3.63, 3.8) is 0 Å². The number of rotatable bonds is 8. The molecule has 4 rings (SSSR count). The summed E-state index contributed by atoms with van der Waals surface area (Å²) in [6.45, 7) is 1.95. The Kier molecular flexibility index (Phi) is 6.54. The van der Waals surface area contributed by atoms with Crippen LogP contribution in [0.1, 0.15) is 23.7 Å². The van der Waals surface area contributed by atoms with E-state index in [4.69, 9.17) is 21.1 Å². The van der Waals surface area contributed by atoms with E-state index in [-0.39, 0.29) is 18.4 Å². The van der Waals surface area contributed by atoms with E-state index in [1.807, 2.05) is 59.5 Å². The number of H-pyrrole nitrogens is 1. The summed E-state index contributed by atoms with van der Waals surface area (Å²) in [6.07, 6.45) is 1.61. The number of carbonyl (C=O) groups is 1. The van der Waals surface area contributed by atoms with E-state index in [9.17, 15) is 4.79 Å². The second kappa shape index (κ2) is 9.67. The summed E-state index contributed by atoms with van der Waals surface area (Å²) in [5, 5.41) is 8.14. The summed E-state index contributed by atoms with van der Waals surface area (Å²) in [4.78, 5) is 14.3. The number of likely N-dealkylation sites (tertiary alicyclic amines) is 1. The highest BCUT2D eigenvalue weighted by Crippen LogP contribution is 2.27. The highest BCUT2D eigenvalue weighted by atomic mass is 35.5. The van der Waals surface area contributed by atoms with Gasteiger partial charge in [-0.3, -0.25) is 9.89 Å². The molecular weight excluding hydrogens is 402 g/mol. The van der Waals surface area contributed by atoms with Crippen molar-refractivity contribution in [2.45, 2.75) is 18.8 Å². The Balaban J connectivity index is 1.24. The lowest BCUT2D eigenvalue weighted by atomic mass is 10.0. The number of benzene rings is 2. The summed E-state index contributed by atoms with van der Waals surface area (Å²) in [5.74, 6) is 1.63. The van der Waals surface area contributed by atoms with Crippen molar-refractivity contribution in [2.24, 2.45) is 0 Å². The molecule has 2 aromatic carbocycles. The van der Waals surface area contributed by atoms with Crippen LogP contribution in [0.2, 0.25) is 5.02 Å². The number of para-hydroxylation sites is 2. The lowest BCUT2D eigenvalue weighted by Crippen LogP contribution is -2.32. The van der Waals surface area contributed by atoms with Crippen LogP contribution < -0.4 is 9.47 Å². The summed E-state index contributed by atoms with van der Waals surface area (Å²) in [7, 11) is 0. The molecule has 1 aromatic heterocycles. The fourth-order valence-electron chi connectivity index (χ4n) is 3.53. The van der Waals surface area contributed by atoms with Gasteiger partial charge in [0.05, 0.1) is 17.3 Å². The van der Waals surface area contributed by atoms with Crippen LogP contribution in [0.4, 0.5) is 0 Å². The van der Waals surface area contributed by atoms with E-state index in [0.29, 0.717) is 36.1 Å². The smallest absolute Gasteiger partial charge is 0.260 e. The van der Waals surface area contributed by atoms with Gasteiger partial charge in [0.25, 0.3) is 5.91 Å². The molecule has 0 spiro atoms. The van der Waals surface area contributed by atoms with Gasteiger partial charge in [0, 0.05) is 31.1 Å². The fourth-order valence-corrected chi connectivity index (χ4v) is 3.72. The summed E-state index contributed by atoms with van der Waals surface area (Å²) < 4.78 is 11.3. The minimum Gasteiger partial charge on any atom is -0.492 e. The van der Waals surface area contributed by atoms with E-state index in [0.717, 1.165) is 24.4 Å². The lowest BCUT2D eigenvalue weighted by molar-refractivity contribution is -0.132. The van der Waals surface area contributed by atoms with E-state index in [2.05, 4.69) is 16.3 Å². The second-order valence-electron chi connectivity index (χ2n) is 7.27. The maximum Gasteiger partial charge on any atom is 0.260 e. The van der Waals surface area contributed by atoms with Crippen molar-refractivity contribution in [3.05, 3.63) is 77.1 Å². The summed E-state index contributed by atoms with van der Waals surface area (Å²) in [5.41, 5.74) is 2.00. The quantitative estimate of drug-likeness (QED) is 0.590. The van der Waals surface area contributed by atoms with Crippen LogP contribution in [0.15, 0.2) is 60.7 Å². The van der Waals surface area contributed by atoms with Gasteiger partial charge in [-0.1, -0.05) is 41.9 Å². The molecule has 1 aliphatic heterocycles. The number of halogens is 1. The first-order valence-electron chi connectivity index (χ1n) is 10.1. The van der Waals surface area contributed by atoms with Crippen LogP contribution in [0, 0.1) is 0 Å². The van der Waals surface area contributed by atoms with Gasteiger partial charge in [-0.25, -0.2) is 0 Å². The predicted molar refractivity (Wildman–Crippen MR) is 115 cm³/mol. The number of aromatic amines is 1. The van der Waals surface area contributed by atoms with Gasteiger partial charge in [0.15, 0.2) is 6.61 Å². The minimum absolute atomic E-state index is 0.00486. The SMILES string of the molecule is O=C(COc1ccccc1)N1CC[C@H](c2cc(CCOc3ccccc3Cl)[nH]n2)C1. The third-order valence-electron chi connectivity index (χ3n) is 5.18. The number of aromatic nitrogens is 2. The summed E-state index contributed by atoms with van der Waals surface area (Å²) in [6, 6.07) is 18.9. The van der Waals surface area contributed by atoms with Crippen LogP contribution in [0.3, 0.4) is 0 Å². The molecular formula is C23H24ClN3O3. The van der Waals surface area contributed by atoms with Gasteiger partial charge >= 0.3 is 0 Å². The third kappa shape index (κ3) is 5.13. The number of nitrogens with zero attached hydrogens (tertiary/aromatic N) is 2. The molecule has 0 saturated carbocycles. The van der Waals surface area contributed by atoms with Crippen molar-refractivity contribution in [2.75, 3.05) is 26.3 Å². The van der Waals surface area contributed by atoms with Crippen molar-refractivity contribution < 1.29 is 14.3 Å². The monoisotopic (exact) mass is 425 g/mol. The molecule has 0 aliphatic carbocycles. The number of amides is 1. The van der Waals surface area contributed by atoms with E-state index in [1.54, 1.807) is 0 Å². The van der Waals surface area contributed by atoms with Crippen molar-refractivity contribution in [1.29, 1.82) is 0 Å². The van der Waals surface area contributed by atoms with Crippen LogP contribution in [-0.4, -0.2) is 47.3 Å². The largest absolute Gasteiger partial charge is 0.492 e. The zero-order chi connectivity index (χ0) is 20.8. The molecule has 2 heterocycles. The highest BCUT2D eigenvalue weighted by Gasteiger charge is 2.29. The molecule has 1 atom stereocenters. The molecule has 6 nitrogen and oxygen atoms in total. The zero-order valence-corrected chi connectivity index (χ0v) is 17.3. The summed E-state index contributed by atoms with van der Waals surface area (Å²) >= 11 is 6.11. The second-order valence-corrected chi connectivity index (χ2v) is 7.68. The Morgan fingerprint density at radius 2 is 1.93 bits per heavy atom. The van der Waals surface area contributed by atoms with Gasteiger partial charge in [0.2, 0.25) is 0 Å². The molecule has 0 radical (unpaired) electrons.